The minimum absolute atomic E-state index is 0.0153. The number of anilines is 4. The van der Waals surface area contributed by atoms with Crippen LogP contribution in [0.5, 0.6) is 5.75 Å². The van der Waals surface area contributed by atoms with Gasteiger partial charge < -0.3 is 24.8 Å². The molecule has 1 aliphatic rings. The van der Waals surface area contributed by atoms with Gasteiger partial charge in [-0.1, -0.05) is 6.07 Å². The van der Waals surface area contributed by atoms with Gasteiger partial charge in [-0.25, -0.2) is 9.97 Å². The zero-order valence-electron chi connectivity index (χ0n) is 28.5. The van der Waals surface area contributed by atoms with Crippen LogP contribution in [0.25, 0.3) is 32.9 Å². The molecule has 5 heterocycles. The Kier molecular flexibility index (Phi) is 9.88. The highest BCUT2D eigenvalue weighted by Crippen LogP contribution is 2.45. The molecule has 282 valence electrons. The number of benzene rings is 2. The molecule has 0 spiro atoms. The highest BCUT2D eigenvalue weighted by Gasteiger charge is 2.70. The molecule has 0 bridgehead atoms. The molecule has 3 N–H and O–H groups in total. The normalized spacial score (nSPS) is 14.1. The molecule has 0 atom stereocenters. The van der Waals surface area contributed by atoms with Gasteiger partial charge in [-0.15, -0.1) is 0 Å². The molecule has 0 unspecified atom stereocenters. The lowest BCUT2D eigenvalue weighted by Gasteiger charge is -2.32. The predicted molar refractivity (Wildman–Crippen MR) is 191 cm³/mol. The van der Waals surface area contributed by atoms with E-state index in [1.165, 1.54) is 24.2 Å². The number of aliphatic hydroxyl groups is 1. The first-order valence-electron chi connectivity index (χ1n) is 16.4. The van der Waals surface area contributed by atoms with Crippen LogP contribution in [0, 0.1) is 6.92 Å². The summed E-state index contributed by atoms with van der Waals surface area (Å²) in [6, 6.07) is 14.0. The number of hydrogen-bond acceptors (Lipinski definition) is 12. The molecule has 0 saturated carbocycles. The van der Waals surface area contributed by atoms with E-state index in [-0.39, 0.29) is 5.52 Å². The first-order chi connectivity index (χ1) is 25.8. The number of aryl methyl sites for hydroxylation is 1. The number of nitrogens with zero attached hydrogens (tertiary/aromatic N) is 7. The maximum Gasteiger partial charge on any atom is 0.428 e. The lowest BCUT2D eigenvalue weighted by atomic mass is 9.98. The van der Waals surface area contributed by atoms with E-state index >= 15 is 0 Å². The van der Waals surface area contributed by atoms with Crippen molar-refractivity contribution >= 4 is 56.9 Å². The summed E-state index contributed by atoms with van der Waals surface area (Å²) in [6.07, 6.45) is -5.92. The number of methoxy groups -OCH3 is 1. The van der Waals surface area contributed by atoms with Gasteiger partial charge in [-0.05, 0) is 66.9 Å². The first kappa shape index (κ1) is 36.9. The van der Waals surface area contributed by atoms with Crippen LogP contribution >= 0.6 is 11.9 Å². The predicted octanol–water partition coefficient (Wildman–Crippen LogP) is 7.31. The first-order valence-corrected chi connectivity index (χ1v) is 17.2. The molecule has 2 aromatic carbocycles. The van der Waals surface area contributed by atoms with E-state index in [0.717, 1.165) is 16.0 Å². The average Bonchev–Trinajstić information content (AvgIpc) is 3.57. The quantitative estimate of drug-likeness (QED) is 0.0953. The molecule has 12 nitrogen and oxygen atoms in total. The molecule has 1 fully saturated rings. The van der Waals surface area contributed by atoms with Crippen molar-refractivity contribution in [2.45, 2.75) is 36.3 Å². The zero-order chi connectivity index (χ0) is 38.3. The molecule has 0 aliphatic carbocycles. The molecular formula is C35H31F6N9O3S. The van der Waals surface area contributed by atoms with Crippen molar-refractivity contribution in [3.63, 3.8) is 0 Å². The standard InChI is InChI=1S/C35H31F6N9O3S/c1-20-24(7-8-27-26(20)17-45-50(27)19-33(51,34(36,37)38)35(39,40)41)30-25-15-29(43-16-21(25)9-10-42-30)46-22-3-5-23(6-4-22)54-48-32-44-18-28(52-2)31(47-32)49-11-13-53-14-12-49/h3-10,15-18,51H,11-14,19H2,1-2H3,(H,43,46)(H,44,47,48). The Morgan fingerprint density at radius 1 is 0.907 bits per heavy atom. The summed E-state index contributed by atoms with van der Waals surface area (Å²) in [5, 5.41) is 18.6. The van der Waals surface area contributed by atoms with Crippen LogP contribution in [0.3, 0.4) is 0 Å². The average molecular weight is 772 g/mol. The maximum atomic E-state index is 13.4. The number of halogens is 6. The van der Waals surface area contributed by atoms with Crippen LogP contribution in [0.1, 0.15) is 5.56 Å². The summed E-state index contributed by atoms with van der Waals surface area (Å²) >= 11 is 1.34. The molecule has 4 aromatic heterocycles. The Balaban J connectivity index is 1.09. The van der Waals surface area contributed by atoms with Crippen molar-refractivity contribution in [1.29, 1.82) is 0 Å². The van der Waals surface area contributed by atoms with E-state index in [0.29, 0.717) is 81.9 Å². The summed E-state index contributed by atoms with van der Waals surface area (Å²) in [5.41, 5.74) is -2.64. The number of alkyl halides is 6. The molecular weight excluding hydrogens is 740 g/mol. The van der Waals surface area contributed by atoms with Gasteiger partial charge in [0.25, 0.3) is 5.60 Å². The van der Waals surface area contributed by atoms with Crippen LogP contribution in [0.15, 0.2) is 78.2 Å². The van der Waals surface area contributed by atoms with Gasteiger partial charge in [0.15, 0.2) is 11.6 Å². The van der Waals surface area contributed by atoms with Crippen LogP contribution in [-0.4, -0.2) is 86.2 Å². The molecule has 6 aromatic rings. The third-order valence-corrected chi connectivity index (χ3v) is 9.76. The fourth-order valence-electron chi connectivity index (χ4n) is 6.00. The second-order valence-corrected chi connectivity index (χ2v) is 13.2. The second kappa shape index (κ2) is 14.4. The Morgan fingerprint density at radius 2 is 1.65 bits per heavy atom. The van der Waals surface area contributed by atoms with Crippen LogP contribution in [-0.2, 0) is 11.3 Å². The van der Waals surface area contributed by atoms with E-state index in [4.69, 9.17) is 9.47 Å². The molecule has 19 heteroatoms. The van der Waals surface area contributed by atoms with Gasteiger partial charge >= 0.3 is 12.4 Å². The fraction of sp³-hybridized carbons (Fsp3) is 0.286. The Labute approximate surface area is 307 Å². The summed E-state index contributed by atoms with van der Waals surface area (Å²) in [7, 11) is 1.58. The number of rotatable bonds is 10. The summed E-state index contributed by atoms with van der Waals surface area (Å²) in [5.74, 6) is 2.19. The Bertz CT molecular complexity index is 2280. The number of pyridine rings is 2. The summed E-state index contributed by atoms with van der Waals surface area (Å²) < 4.78 is 95.1. The van der Waals surface area contributed by atoms with E-state index < -0.39 is 24.5 Å². The smallest absolute Gasteiger partial charge is 0.428 e. The van der Waals surface area contributed by atoms with Crippen molar-refractivity contribution in [1.82, 2.24) is 29.7 Å². The largest absolute Gasteiger partial charge is 0.491 e. The van der Waals surface area contributed by atoms with Crippen molar-refractivity contribution in [3.05, 3.63) is 78.9 Å². The number of hydrogen-bond donors (Lipinski definition) is 3. The van der Waals surface area contributed by atoms with E-state index in [1.54, 1.807) is 50.8 Å². The van der Waals surface area contributed by atoms with Crippen LogP contribution in [0.4, 0.5) is 49.6 Å². The van der Waals surface area contributed by atoms with Crippen molar-refractivity contribution in [2.24, 2.45) is 0 Å². The molecule has 54 heavy (non-hydrogen) atoms. The minimum Gasteiger partial charge on any atom is -0.491 e. The molecule has 1 saturated heterocycles. The summed E-state index contributed by atoms with van der Waals surface area (Å²) in [4.78, 5) is 21.1. The van der Waals surface area contributed by atoms with Gasteiger partial charge in [0, 0.05) is 57.8 Å². The lowest BCUT2D eigenvalue weighted by Crippen LogP contribution is -2.59. The lowest BCUT2D eigenvalue weighted by molar-refractivity contribution is -0.372. The van der Waals surface area contributed by atoms with Crippen molar-refractivity contribution < 1.29 is 40.9 Å². The molecule has 1 aliphatic heterocycles. The SMILES string of the molecule is COc1cnc(NSc2ccc(Nc3cc4c(-c5ccc6c(cnn6CC(O)(C(F)(F)F)C(F)(F)F)c5C)nccc4cn3)cc2)nc1N1CCOCC1. The minimum atomic E-state index is -5.98. The van der Waals surface area contributed by atoms with E-state index in [1.807, 2.05) is 24.3 Å². The third kappa shape index (κ3) is 7.13. The highest BCUT2D eigenvalue weighted by molar-refractivity contribution is 8.00. The number of nitrogens with one attached hydrogen (secondary N) is 2. The van der Waals surface area contributed by atoms with Crippen LogP contribution in [0.2, 0.25) is 0 Å². The topological polar surface area (TPSA) is 135 Å². The number of fused-ring (bicyclic) bond motifs is 2. The number of aromatic nitrogens is 6. The van der Waals surface area contributed by atoms with E-state index in [9.17, 15) is 31.4 Å². The number of ether oxygens (including phenoxy) is 2. The monoisotopic (exact) mass is 771 g/mol. The van der Waals surface area contributed by atoms with Crippen molar-refractivity contribution in [2.75, 3.05) is 48.4 Å². The Hall–Kier alpha value is -5.40. The van der Waals surface area contributed by atoms with Gasteiger partial charge in [0.2, 0.25) is 5.95 Å². The second-order valence-electron chi connectivity index (χ2n) is 12.3. The van der Waals surface area contributed by atoms with Gasteiger partial charge in [0.05, 0.1) is 50.5 Å². The van der Waals surface area contributed by atoms with Crippen molar-refractivity contribution in [3.8, 4) is 17.0 Å². The highest BCUT2D eigenvalue weighted by atomic mass is 32.2. The van der Waals surface area contributed by atoms with E-state index in [2.05, 4.69) is 40.0 Å². The van der Waals surface area contributed by atoms with Crippen LogP contribution < -0.4 is 19.7 Å². The Morgan fingerprint density at radius 3 is 2.35 bits per heavy atom. The zero-order valence-corrected chi connectivity index (χ0v) is 29.4. The molecule has 0 radical (unpaired) electrons. The molecule has 0 amide bonds. The number of morpholine rings is 1. The van der Waals surface area contributed by atoms with Gasteiger partial charge in [-0.3, -0.25) is 14.4 Å². The van der Waals surface area contributed by atoms with Gasteiger partial charge in [-0.2, -0.15) is 36.4 Å². The summed E-state index contributed by atoms with van der Waals surface area (Å²) in [6.45, 7) is 2.40. The maximum absolute atomic E-state index is 13.4. The fourth-order valence-corrected chi connectivity index (χ4v) is 6.57. The molecule has 7 rings (SSSR count). The third-order valence-electron chi connectivity index (χ3n) is 8.97. The van der Waals surface area contributed by atoms with Gasteiger partial charge in [0.1, 0.15) is 5.82 Å².